The van der Waals surface area contributed by atoms with Gasteiger partial charge in [-0.3, -0.25) is 4.84 Å². The molecule has 0 N–H and O–H groups in total. The van der Waals surface area contributed by atoms with Gasteiger partial charge in [0.25, 0.3) is 0 Å². The average Bonchev–Trinajstić information content (AvgIpc) is 2.31. The summed E-state index contributed by atoms with van der Waals surface area (Å²) >= 11 is 0. The van der Waals surface area contributed by atoms with Gasteiger partial charge in [0.15, 0.2) is 0 Å². The van der Waals surface area contributed by atoms with Crippen LogP contribution in [0.5, 0.6) is 0 Å². The van der Waals surface area contributed by atoms with Gasteiger partial charge < -0.3 is 0 Å². The van der Waals surface area contributed by atoms with Crippen LogP contribution in [0.1, 0.15) is 18.4 Å². The molecule has 1 saturated heterocycles. The predicted octanol–water partition coefficient (Wildman–Crippen LogP) is 2.83. The zero-order valence-electron chi connectivity index (χ0n) is 8.89. The molecule has 2 bridgehead atoms. The summed E-state index contributed by atoms with van der Waals surface area (Å²) in [5, 5.41) is 2.05. The zero-order valence-corrected chi connectivity index (χ0v) is 8.89. The smallest absolute Gasteiger partial charge is 0.104 e. The van der Waals surface area contributed by atoms with Gasteiger partial charge in [-0.05, 0) is 31.9 Å². The van der Waals surface area contributed by atoms with E-state index >= 15 is 0 Å². The molecule has 2 heteroatoms. The second kappa shape index (κ2) is 3.38. The molecule has 4 rings (SSSR count). The second-order valence-corrected chi connectivity index (χ2v) is 4.33. The number of aryl methyl sites for hydroxylation is 1. The Kier molecular flexibility index (Phi) is 2.03. The quantitative estimate of drug-likeness (QED) is 0.648. The largest absolute Gasteiger partial charge is 0.265 e. The van der Waals surface area contributed by atoms with Crippen molar-refractivity contribution in [3.05, 3.63) is 42.0 Å². The van der Waals surface area contributed by atoms with Crippen molar-refractivity contribution in [1.82, 2.24) is 0 Å². The fourth-order valence-electron chi connectivity index (χ4n) is 2.23. The van der Waals surface area contributed by atoms with Gasteiger partial charge in [0.05, 0.1) is 11.7 Å². The molecule has 1 aromatic carbocycles. The minimum absolute atomic E-state index is 0.288. The number of nitrogens with zero attached hydrogens (tertiary/aromatic N) is 1. The van der Waals surface area contributed by atoms with Gasteiger partial charge in [-0.2, -0.15) is 0 Å². The lowest BCUT2D eigenvalue weighted by molar-refractivity contribution is 0.00353. The van der Waals surface area contributed by atoms with Crippen molar-refractivity contribution in [3.63, 3.8) is 0 Å². The zero-order chi connectivity index (χ0) is 10.3. The molecule has 1 fully saturated rings. The van der Waals surface area contributed by atoms with E-state index in [0.29, 0.717) is 6.04 Å². The number of hydrogen-bond acceptors (Lipinski definition) is 2. The van der Waals surface area contributed by atoms with Gasteiger partial charge in [-0.1, -0.05) is 29.8 Å². The van der Waals surface area contributed by atoms with Crippen molar-refractivity contribution >= 4 is 5.69 Å². The third kappa shape index (κ3) is 1.55. The minimum Gasteiger partial charge on any atom is -0.265 e. The number of hydrogen-bond donors (Lipinski definition) is 0. The van der Waals surface area contributed by atoms with Gasteiger partial charge in [0.2, 0.25) is 0 Å². The lowest BCUT2D eigenvalue weighted by Crippen LogP contribution is -2.45. The summed E-state index contributed by atoms with van der Waals surface area (Å²) in [5.41, 5.74) is 2.45. The normalized spacial score (nSPS) is 28.5. The minimum atomic E-state index is 0.288. The maximum Gasteiger partial charge on any atom is 0.104 e. The van der Waals surface area contributed by atoms with E-state index in [1.807, 2.05) is 5.06 Å². The van der Waals surface area contributed by atoms with E-state index in [1.54, 1.807) is 0 Å². The van der Waals surface area contributed by atoms with Gasteiger partial charge in [0.1, 0.15) is 6.10 Å². The summed E-state index contributed by atoms with van der Waals surface area (Å²) < 4.78 is 0. The topological polar surface area (TPSA) is 12.5 Å². The van der Waals surface area contributed by atoms with Crippen LogP contribution in [0.2, 0.25) is 0 Å². The Morgan fingerprint density at radius 1 is 1.13 bits per heavy atom. The van der Waals surface area contributed by atoms with Gasteiger partial charge >= 0.3 is 0 Å². The van der Waals surface area contributed by atoms with Crippen LogP contribution < -0.4 is 5.06 Å². The lowest BCUT2D eigenvalue weighted by atomic mass is 9.98. The van der Waals surface area contributed by atoms with Gasteiger partial charge in [0, 0.05) is 0 Å². The first-order valence-corrected chi connectivity index (χ1v) is 5.54. The Morgan fingerprint density at radius 3 is 2.47 bits per heavy atom. The number of fused-ring (bicyclic) bond motifs is 2. The van der Waals surface area contributed by atoms with Crippen LogP contribution in [0, 0.1) is 6.92 Å². The molecule has 2 aliphatic heterocycles. The maximum atomic E-state index is 5.86. The molecule has 0 aromatic heterocycles. The summed E-state index contributed by atoms with van der Waals surface area (Å²) in [6.07, 6.45) is 7.09. The highest BCUT2D eigenvalue weighted by atomic mass is 16.7. The molecule has 0 spiro atoms. The monoisotopic (exact) mass is 201 g/mol. The molecule has 3 aliphatic rings. The van der Waals surface area contributed by atoms with Crippen molar-refractivity contribution in [2.24, 2.45) is 0 Å². The molecule has 0 saturated carbocycles. The molecule has 2 heterocycles. The third-order valence-corrected chi connectivity index (χ3v) is 3.13. The first-order valence-electron chi connectivity index (χ1n) is 5.54. The summed E-state index contributed by atoms with van der Waals surface area (Å²) in [6, 6.07) is 8.95. The molecule has 0 amide bonds. The fraction of sp³-hybridized carbons (Fsp3) is 0.385. The predicted molar refractivity (Wildman–Crippen MR) is 60.7 cm³/mol. The van der Waals surface area contributed by atoms with Gasteiger partial charge in [-0.15, -0.1) is 0 Å². The molecular weight excluding hydrogens is 186 g/mol. The Hall–Kier alpha value is -1.28. The van der Waals surface area contributed by atoms with Crippen LogP contribution in [0.15, 0.2) is 36.4 Å². The molecule has 15 heavy (non-hydrogen) atoms. The van der Waals surface area contributed by atoms with Crippen LogP contribution in [-0.2, 0) is 4.84 Å². The van der Waals surface area contributed by atoms with E-state index in [2.05, 4.69) is 43.3 Å². The summed E-state index contributed by atoms with van der Waals surface area (Å²) in [7, 11) is 0. The van der Waals surface area contributed by atoms with Crippen LogP contribution in [0.25, 0.3) is 0 Å². The van der Waals surface area contributed by atoms with E-state index < -0.39 is 0 Å². The molecule has 2 atom stereocenters. The second-order valence-electron chi connectivity index (χ2n) is 4.33. The number of benzene rings is 1. The van der Waals surface area contributed by atoms with Crippen molar-refractivity contribution in [2.75, 3.05) is 5.06 Å². The molecule has 1 aliphatic carbocycles. The number of anilines is 1. The fourth-order valence-corrected chi connectivity index (χ4v) is 2.23. The highest BCUT2D eigenvalue weighted by molar-refractivity contribution is 5.48. The van der Waals surface area contributed by atoms with Crippen molar-refractivity contribution in [2.45, 2.75) is 31.9 Å². The molecule has 0 unspecified atom stereocenters. The van der Waals surface area contributed by atoms with Crippen molar-refractivity contribution in [1.29, 1.82) is 0 Å². The summed E-state index contributed by atoms with van der Waals surface area (Å²) in [6.45, 7) is 2.10. The van der Waals surface area contributed by atoms with Crippen LogP contribution in [0.4, 0.5) is 5.69 Å². The van der Waals surface area contributed by atoms with E-state index in [-0.39, 0.29) is 6.10 Å². The third-order valence-electron chi connectivity index (χ3n) is 3.13. The summed E-state index contributed by atoms with van der Waals surface area (Å²) in [5.74, 6) is 0. The Balaban J connectivity index is 1.89. The van der Waals surface area contributed by atoms with E-state index in [9.17, 15) is 0 Å². The van der Waals surface area contributed by atoms with E-state index in [0.717, 1.165) is 6.42 Å². The highest BCUT2D eigenvalue weighted by Gasteiger charge is 2.30. The van der Waals surface area contributed by atoms with Crippen LogP contribution in [-0.4, -0.2) is 12.1 Å². The standard InChI is InChI=1S/C13H15NO/c1-10-2-4-11(5-3-10)14-12-6-8-13(15-14)9-7-12/h2-6,8,12-13H,7,9H2,1H3/t12-,13+/m1/s1. The van der Waals surface area contributed by atoms with E-state index in [1.165, 1.54) is 17.7 Å². The highest BCUT2D eigenvalue weighted by Crippen LogP contribution is 2.31. The number of rotatable bonds is 1. The Morgan fingerprint density at radius 2 is 1.93 bits per heavy atom. The number of hydroxylamine groups is 1. The van der Waals surface area contributed by atoms with Crippen molar-refractivity contribution < 1.29 is 4.84 Å². The molecule has 0 radical (unpaired) electrons. The van der Waals surface area contributed by atoms with E-state index in [4.69, 9.17) is 4.84 Å². The molecule has 2 nitrogen and oxygen atoms in total. The summed E-state index contributed by atoms with van der Waals surface area (Å²) in [4.78, 5) is 5.86. The first kappa shape index (κ1) is 8.98. The van der Waals surface area contributed by atoms with Crippen LogP contribution in [0.3, 0.4) is 0 Å². The first-order chi connectivity index (χ1) is 7.33. The molecule has 1 aromatic rings. The lowest BCUT2D eigenvalue weighted by Gasteiger charge is -2.41. The molecular formula is C13H15NO. The van der Waals surface area contributed by atoms with Crippen LogP contribution >= 0.6 is 0 Å². The van der Waals surface area contributed by atoms with Gasteiger partial charge in [-0.25, -0.2) is 5.06 Å². The van der Waals surface area contributed by atoms with Crippen molar-refractivity contribution in [3.8, 4) is 0 Å². The Bertz CT molecular complexity index is 382. The maximum absolute atomic E-state index is 5.86. The SMILES string of the molecule is Cc1ccc(N2O[C@H]3C=C[C@@H]2CC3)cc1. The molecule has 78 valence electrons. The Labute approximate surface area is 90.1 Å². The average molecular weight is 201 g/mol.